The number of likely N-dealkylation sites (N-methyl/N-ethyl adjacent to an activating group) is 1. The number of nitrogens with two attached hydrogens (primary N) is 1. The number of fused-ring (bicyclic) bond motifs is 1. The molecule has 2 heterocycles. The number of nitrogen functional groups attached to an aromatic ring is 1. The van der Waals surface area contributed by atoms with Gasteiger partial charge >= 0.3 is 0 Å². The number of pyridine rings is 1. The van der Waals surface area contributed by atoms with E-state index < -0.39 is 10.0 Å². The number of anilines is 2. The number of hydrogen-bond acceptors (Lipinski definition) is 6. The highest BCUT2D eigenvalue weighted by Gasteiger charge is 2.32. The molecule has 1 aromatic heterocycles. The molecule has 3 aromatic rings. The van der Waals surface area contributed by atoms with Gasteiger partial charge in [0.1, 0.15) is 11.6 Å². The molecular weight excluding hydrogens is 422 g/mol. The third-order valence-electron chi connectivity index (χ3n) is 5.84. The SMILES string of the molecule is CC1C=C(NS(=O)(=O)c2ccc(C(C)(C)C)cc2)N(c2cccc3c(N)nccc23)N1C. The molecule has 1 aliphatic heterocycles. The lowest BCUT2D eigenvalue weighted by molar-refractivity contribution is 0.316. The molecule has 32 heavy (non-hydrogen) atoms. The molecule has 0 fully saturated rings. The number of hydrogen-bond donors (Lipinski definition) is 2. The molecule has 3 N–H and O–H groups in total. The molecule has 7 nitrogen and oxygen atoms in total. The number of sulfonamides is 1. The summed E-state index contributed by atoms with van der Waals surface area (Å²) in [6, 6.07) is 14.7. The molecule has 4 rings (SSSR count). The highest BCUT2D eigenvalue weighted by Crippen LogP contribution is 2.35. The molecule has 0 saturated carbocycles. The number of aromatic nitrogens is 1. The molecule has 0 bridgehead atoms. The van der Waals surface area contributed by atoms with Gasteiger partial charge in [0.05, 0.1) is 10.6 Å². The van der Waals surface area contributed by atoms with Gasteiger partial charge in [0, 0.05) is 30.1 Å². The first-order valence-corrected chi connectivity index (χ1v) is 12.0. The Morgan fingerprint density at radius 3 is 2.38 bits per heavy atom. The maximum atomic E-state index is 13.2. The van der Waals surface area contributed by atoms with Gasteiger partial charge in [0.2, 0.25) is 0 Å². The third kappa shape index (κ3) is 3.91. The van der Waals surface area contributed by atoms with E-state index in [-0.39, 0.29) is 16.4 Å². The Morgan fingerprint density at radius 2 is 1.72 bits per heavy atom. The van der Waals surface area contributed by atoms with Crippen molar-refractivity contribution in [2.75, 3.05) is 17.8 Å². The van der Waals surface area contributed by atoms with E-state index in [9.17, 15) is 8.42 Å². The van der Waals surface area contributed by atoms with Crippen LogP contribution in [0.15, 0.2) is 71.5 Å². The monoisotopic (exact) mass is 451 g/mol. The van der Waals surface area contributed by atoms with E-state index >= 15 is 0 Å². The van der Waals surface area contributed by atoms with E-state index in [1.54, 1.807) is 18.3 Å². The Bertz CT molecular complexity index is 1290. The van der Waals surface area contributed by atoms with Gasteiger partial charge in [-0.05, 0) is 48.2 Å². The van der Waals surface area contributed by atoms with Crippen LogP contribution in [-0.4, -0.2) is 31.5 Å². The molecule has 1 aliphatic rings. The van der Waals surface area contributed by atoms with E-state index in [1.165, 1.54) is 0 Å². The average Bonchev–Trinajstić information content (AvgIpc) is 3.00. The van der Waals surface area contributed by atoms with Gasteiger partial charge in [-0.25, -0.2) is 18.4 Å². The molecule has 1 atom stereocenters. The number of hydrazine groups is 1. The van der Waals surface area contributed by atoms with Gasteiger partial charge in [-0.3, -0.25) is 9.73 Å². The van der Waals surface area contributed by atoms with Crippen LogP contribution in [0.25, 0.3) is 10.8 Å². The Balaban J connectivity index is 1.72. The average molecular weight is 452 g/mol. The van der Waals surface area contributed by atoms with Crippen molar-refractivity contribution in [1.29, 1.82) is 0 Å². The van der Waals surface area contributed by atoms with Gasteiger partial charge in [0.25, 0.3) is 10.0 Å². The number of nitrogens with zero attached hydrogens (tertiary/aromatic N) is 3. The van der Waals surface area contributed by atoms with E-state index in [0.717, 1.165) is 22.0 Å². The normalized spacial score (nSPS) is 17.6. The number of benzene rings is 2. The summed E-state index contributed by atoms with van der Waals surface area (Å²) < 4.78 is 29.2. The summed E-state index contributed by atoms with van der Waals surface area (Å²) in [6.45, 7) is 8.30. The standard InChI is InChI=1S/C24H29N5O2S/c1-16-15-22(27-32(30,31)18-11-9-17(10-12-18)24(2,3)4)29(28(16)5)21-8-6-7-20-19(21)13-14-26-23(20)25/h6-16,27H,1-5H3,(H2,25,26). The van der Waals surface area contributed by atoms with Crippen molar-refractivity contribution >= 4 is 32.3 Å². The van der Waals surface area contributed by atoms with Crippen LogP contribution < -0.4 is 15.5 Å². The summed E-state index contributed by atoms with van der Waals surface area (Å²) in [6.07, 6.45) is 3.55. The third-order valence-corrected chi connectivity index (χ3v) is 7.21. The zero-order valence-corrected chi connectivity index (χ0v) is 19.8. The Kier molecular flexibility index (Phi) is 5.38. The number of rotatable bonds is 4. The summed E-state index contributed by atoms with van der Waals surface area (Å²) in [5.41, 5.74) is 7.92. The van der Waals surface area contributed by atoms with Crippen LogP contribution >= 0.6 is 0 Å². The minimum Gasteiger partial charge on any atom is -0.383 e. The second-order valence-corrected chi connectivity index (χ2v) is 10.8. The Labute approximate surface area is 189 Å². The predicted molar refractivity (Wildman–Crippen MR) is 129 cm³/mol. The van der Waals surface area contributed by atoms with Gasteiger partial charge in [-0.15, -0.1) is 0 Å². The van der Waals surface area contributed by atoms with Crippen molar-refractivity contribution in [3.05, 3.63) is 72.2 Å². The van der Waals surface area contributed by atoms with Crippen molar-refractivity contribution in [1.82, 2.24) is 14.7 Å². The van der Waals surface area contributed by atoms with Gasteiger partial charge in [0.15, 0.2) is 0 Å². The van der Waals surface area contributed by atoms with Crippen LogP contribution in [0.2, 0.25) is 0 Å². The van der Waals surface area contributed by atoms with Crippen molar-refractivity contribution in [3.63, 3.8) is 0 Å². The molecule has 0 spiro atoms. The Morgan fingerprint density at radius 1 is 1.03 bits per heavy atom. The fraction of sp³-hybridized carbons (Fsp3) is 0.292. The number of nitrogens with one attached hydrogen (secondary N) is 1. The van der Waals surface area contributed by atoms with Gasteiger partial charge in [-0.2, -0.15) is 0 Å². The van der Waals surface area contributed by atoms with E-state index in [1.807, 2.05) is 66.5 Å². The Hall–Kier alpha value is -3.10. The molecule has 2 aromatic carbocycles. The predicted octanol–water partition coefficient (Wildman–Crippen LogP) is 3.99. The van der Waals surface area contributed by atoms with Crippen LogP contribution in [0.5, 0.6) is 0 Å². The first kappa shape index (κ1) is 22.1. The highest BCUT2D eigenvalue weighted by atomic mass is 32.2. The second kappa shape index (κ2) is 7.79. The summed E-state index contributed by atoms with van der Waals surface area (Å²) in [5, 5.41) is 5.55. The molecule has 0 saturated heterocycles. The van der Waals surface area contributed by atoms with Crippen LogP contribution in [0.1, 0.15) is 33.3 Å². The second-order valence-electron chi connectivity index (χ2n) is 9.13. The lowest BCUT2D eigenvalue weighted by Crippen LogP contribution is -2.42. The highest BCUT2D eigenvalue weighted by molar-refractivity contribution is 7.89. The lowest BCUT2D eigenvalue weighted by Gasteiger charge is -2.32. The van der Waals surface area contributed by atoms with Gasteiger partial charge < -0.3 is 5.73 Å². The zero-order chi connectivity index (χ0) is 23.3. The minimum atomic E-state index is -3.78. The lowest BCUT2D eigenvalue weighted by atomic mass is 9.87. The van der Waals surface area contributed by atoms with Crippen molar-refractivity contribution in [3.8, 4) is 0 Å². The van der Waals surface area contributed by atoms with Crippen molar-refractivity contribution in [2.24, 2.45) is 0 Å². The van der Waals surface area contributed by atoms with E-state index in [2.05, 4.69) is 30.5 Å². The van der Waals surface area contributed by atoms with Gasteiger partial charge in [-0.1, -0.05) is 45.0 Å². The van der Waals surface area contributed by atoms with Crippen LogP contribution in [0.4, 0.5) is 11.5 Å². The molecule has 0 aliphatic carbocycles. The molecule has 8 heteroatoms. The summed E-state index contributed by atoms with van der Waals surface area (Å²) in [5.74, 6) is 0.909. The van der Waals surface area contributed by atoms with Crippen LogP contribution in [-0.2, 0) is 15.4 Å². The molecular formula is C24H29N5O2S. The molecule has 168 valence electrons. The fourth-order valence-electron chi connectivity index (χ4n) is 3.86. The maximum Gasteiger partial charge on any atom is 0.263 e. The quantitative estimate of drug-likeness (QED) is 0.623. The van der Waals surface area contributed by atoms with Crippen LogP contribution in [0.3, 0.4) is 0 Å². The topological polar surface area (TPSA) is 91.6 Å². The van der Waals surface area contributed by atoms with E-state index in [4.69, 9.17) is 5.73 Å². The smallest absolute Gasteiger partial charge is 0.263 e. The van der Waals surface area contributed by atoms with Crippen molar-refractivity contribution in [2.45, 2.75) is 44.0 Å². The fourth-order valence-corrected chi connectivity index (χ4v) is 4.91. The first-order valence-electron chi connectivity index (χ1n) is 10.5. The largest absolute Gasteiger partial charge is 0.383 e. The molecule has 1 unspecified atom stereocenters. The molecule has 0 amide bonds. The zero-order valence-electron chi connectivity index (χ0n) is 19.0. The van der Waals surface area contributed by atoms with E-state index in [0.29, 0.717) is 11.6 Å². The maximum absolute atomic E-state index is 13.2. The summed E-state index contributed by atoms with van der Waals surface area (Å²) in [4.78, 5) is 4.39. The van der Waals surface area contributed by atoms with Crippen molar-refractivity contribution < 1.29 is 8.42 Å². The minimum absolute atomic E-state index is 0.00888. The molecule has 0 radical (unpaired) electrons. The first-order chi connectivity index (χ1) is 15.0. The summed E-state index contributed by atoms with van der Waals surface area (Å²) >= 11 is 0. The summed E-state index contributed by atoms with van der Waals surface area (Å²) in [7, 11) is -1.86. The van der Waals surface area contributed by atoms with Crippen LogP contribution in [0, 0.1) is 0 Å².